The monoisotopic (exact) mass is 264 g/mol. The fourth-order valence-electron chi connectivity index (χ4n) is 1.91. The molecule has 1 aromatic rings. The summed E-state index contributed by atoms with van der Waals surface area (Å²) in [6.07, 6.45) is -2.72. The molecule has 0 aromatic carbocycles. The van der Waals surface area contributed by atoms with Gasteiger partial charge >= 0.3 is 6.18 Å². The average Bonchev–Trinajstić information content (AvgIpc) is 2.27. The summed E-state index contributed by atoms with van der Waals surface area (Å²) in [7, 11) is 0. The summed E-state index contributed by atoms with van der Waals surface area (Å²) in [4.78, 5) is 8.00. The van der Waals surface area contributed by atoms with Gasteiger partial charge in [-0.25, -0.2) is 9.97 Å². The third kappa shape index (κ3) is 2.55. The summed E-state index contributed by atoms with van der Waals surface area (Å²) >= 11 is 1.27. The van der Waals surface area contributed by atoms with Crippen LogP contribution in [0.1, 0.15) is 23.8 Å². The van der Waals surface area contributed by atoms with Crippen LogP contribution in [0.25, 0.3) is 0 Å². The number of fused-ring (bicyclic) bond motifs is 1. The van der Waals surface area contributed by atoms with Crippen LogP contribution in [0.15, 0.2) is 11.4 Å². The fourth-order valence-corrected chi connectivity index (χ4v) is 2.27. The zero-order chi connectivity index (χ0) is 12.6. The molecule has 94 valence electrons. The fraction of sp³-hybridized carbons (Fsp3) is 0.600. The van der Waals surface area contributed by atoms with E-state index in [2.05, 4.69) is 9.97 Å². The highest BCUT2D eigenvalue weighted by molar-refractivity contribution is 7.98. The van der Waals surface area contributed by atoms with Gasteiger partial charge in [0, 0.05) is 18.2 Å². The normalized spacial score (nSPS) is 24.5. The van der Waals surface area contributed by atoms with E-state index in [1.807, 2.05) is 0 Å². The van der Waals surface area contributed by atoms with Gasteiger partial charge in [0.2, 0.25) is 0 Å². The first-order valence-corrected chi connectivity index (χ1v) is 6.29. The standard InChI is InChI=1S/C10H11F3N2OS/c1-17-9-14-4-6-7(15-9)2-5(3-8(6)16)10(11,12)13/h4-5,8,16H,2-3H2,1H3/t5-,8+/m1/s1. The van der Waals surface area contributed by atoms with Crippen molar-refractivity contribution in [2.24, 2.45) is 5.92 Å². The Labute approximate surface area is 100 Å². The van der Waals surface area contributed by atoms with Crippen molar-refractivity contribution < 1.29 is 18.3 Å². The van der Waals surface area contributed by atoms with Crippen LogP contribution in [0.4, 0.5) is 13.2 Å². The van der Waals surface area contributed by atoms with Crippen LogP contribution in [-0.4, -0.2) is 27.5 Å². The lowest BCUT2D eigenvalue weighted by molar-refractivity contribution is -0.184. The van der Waals surface area contributed by atoms with E-state index in [4.69, 9.17) is 0 Å². The van der Waals surface area contributed by atoms with E-state index in [9.17, 15) is 18.3 Å². The van der Waals surface area contributed by atoms with Crippen LogP contribution in [0.5, 0.6) is 0 Å². The Hall–Kier alpha value is -0.820. The van der Waals surface area contributed by atoms with E-state index in [0.717, 1.165) is 0 Å². The number of halogens is 3. The zero-order valence-electron chi connectivity index (χ0n) is 9.03. The van der Waals surface area contributed by atoms with Crippen LogP contribution in [0, 0.1) is 5.92 Å². The predicted molar refractivity (Wildman–Crippen MR) is 56.6 cm³/mol. The van der Waals surface area contributed by atoms with E-state index >= 15 is 0 Å². The summed E-state index contributed by atoms with van der Waals surface area (Å²) in [5.41, 5.74) is 0.730. The number of thioether (sulfide) groups is 1. The lowest BCUT2D eigenvalue weighted by Gasteiger charge is -2.29. The van der Waals surface area contributed by atoms with Crippen LogP contribution in [0.2, 0.25) is 0 Å². The minimum Gasteiger partial charge on any atom is -0.388 e. The highest BCUT2D eigenvalue weighted by Crippen LogP contribution is 2.40. The van der Waals surface area contributed by atoms with Gasteiger partial charge in [-0.15, -0.1) is 0 Å². The summed E-state index contributed by atoms with van der Waals surface area (Å²) < 4.78 is 37.9. The van der Waals surface area contributed by atoms with Crippen molar-refractivity contribution in [2.75, 3.05) is 6.26 Å². The molecular weight excluding hydrogens is 253 g/mol. The van der Waals surface area contributed by atoms with Gasteiger partial charge in [0.15, 0.2) is 5.16 Å². The zero-order valence-corrected chi connectivity index (χ0v) is 9.85. The van der Waals surface area contributed by atoms with Crippen LogP contribution < -0.4 is 0 Å². The maximum Gasteiger partial charge on any atom is 0.392 e. The molecule has 0 aliphatic heterocycles. The van der Waals surface area contributed by atoms with E-state index in [0.29, 0.717) is 16.4 Å². The lowest BCUT2D eigenvalue weighted by Crippen LogP contribution is -2.31. The van der Waals surface area contributed by atoms with Gasteiger partial charge in [-0.3, -0.25) is 0 Å². The second-order valence-corrected chi connectivity index (χ2v) is 4.73. The largest absolute Gasteiger partial charge is 0.392 e. The Kier molecular flexibility index (Phi) is 3.31. The molecule has 1 aliphatic carbocycles. The van der Waals surface area contributed by atoms with Gasteiger partial charge in [0.05, 0.1) is 17.7 Å². The van der Waals surface area contributed by atoms with Crippen molar-refractivity contribution in [3.8, 4) is 0 Å². The SMILES string of the molecule is CSc1ncc2c(n1)C[C@@H](C(F)(F)F)C[C@@H]2O. The van der Waals surface area contributed by atoms with Crippen LogP contribution in [0.3, 0.4) is 0 Å². The molecule has 0 bridgehead atoms. The Morgan fingerprint density at radius 2 is 2.18 bits per heavy atom. The third-order valence-corrected chi connectivity index (χ3v) is 3.39. The molecule has 0 amide bonds. The molecule has 7 heteroatoms. The van der Waals surface area contributed by atoms with Crippen molar-refractivity contribution in [1.29, 1.82) is 0 Å². The molecule has 0 radical (unpaired) electrons. The molecule has 0 saturated carbocycles. The van der Waals surface area contributed by atoms with Gasteiger partial charge in [-0.1, -0.05) is 11.8 Å². The van der Waals surface area contributed by atoms with Crippen LogP contribution in [-0.2, 0) is 6.42 Å². The van der Waals surface area contributed by atoms with E-state index in [-0.39, 0.29) is 12.8 Å². The molecule has 1 heterocycles. The van der Waals surface area contributed by atoms with Crippen molar-refractivity contribution in [3.63, 3.8) is 0 Å². The first-order valence-electron chi connectivity index (χ1n) is 5.06. The first kappa shape index (κ1) is 12.6. The summed E-state index contributed by atoms with van der Waals surface area (Å²) in [6, 6.07) is 0. The number of hydrogen-bond donors (Lipinski definition) is 1. The predicted octanol–water partition coefficient (Wildman–Crippen LogP) is 2.36. The molecule has 3 nitrogen and oxygen atoms in total. The first-order chi connectivity index (χ1) is 7.91. The Balaban J connectivity index is 2.34. The van der Waals surface area contributed by atoms with Crippen molar-refractivity contribution in [1.82, 2.24) is 9.97 Å². The quantitative estimate of drug-likeness (QED) is 0.625. The molecule has 2 atom stereocenters. The van der Waals surface area contributed by atoms with Gasteiger partial charge in [0.25, 0.3) is 0 Å². The number of nitrogens with zero attached hydrogens (tertiary/aromatic N) is 2. The summed E-state index contributed by atoms with van der Waals surface area (Å²) in [6.45, 7) is 0. The molecule has 0 saturated heterocycles. The summed E-state index contributed by atoms with van der Waals surface area (Å²) in [5.74, 6) is -1.52. The molecule has 0 fully saturated rings. The van der Waals surface area contributed by atoms with Gasteiger partial charge in [0.1, 0.15) is 0 Å². The maximum absolute atomic E-state index is 12.6. The van der Waals surface area contributed by atoms with Gasteiger partial charge < -0.3 is 5.11 Å². The topological polar surface area (TPSA) is 46.0 Å². The van der Waals surface area contributed by atoms with Gasteiger partial charge in [-0.2, -0.15) is 13.2 Å². The van der Waals surface area contributed by atoms with Crippen molar-refractivity contribution in [3.05, 3.63) is 17.5 Å². The minimum absolute atomic E-state index is 0.175. The molecular formula is C10H11F3N2OS. The van der Waals surface area contributed by atoms with E-state index < -0.39 is 18.2 Å². The number of alkyl halides is 3. The average molecular weight is 264 g/mol. The smallest absolute Gasteiger partial charge is 0.388 e. The highest BCUT2D eigenvalue weighted by Gasteiger charge is 2.44. The Bertz CT molecular complexity index is 425. The Morgan fingerprint density at radius 1 is 1.47 bits per heavy atom. The minimum atomic E-state index is -4.29. The third-order valence-electron chi connectivity index (χ3n) is 2.83. The second-order valence-electron chi connectivity index (χ2n) is 3.95. The number of aliphatic hydroxyl groups is 1. The number of aromatic nitrogens is 2. The highest BCUT2D eigenvalue weighted by atomic mass is 32.2. The molecule has 0 spiro atoms. The van der Waals surface area contributed by atoms with E-state index in [1.54, 1.807) is 6.26 Å². The summed E-state index contributed by atoms with van der Waals surface area (Å²) in [5, 5.41) is 10.1. The second kappa shape index (κ2) is 4.45. The van der Waals surface area contributed by atoms with Crippen LogP contribution >= 0.6 is 11.8 Å². The molecule has 1 N–H and O–H groups in total. The lowest BCUT2D eigenvalue weighted by atomic mass is 9.85. The van der Waals surface area contributed by atoms with E-state index in [1.165, 1.54) is 18.0 Å². The van der Waals surface area contributed by atoms with Crippen molar-refractivity contribution in [2.45, 2.75) is 30.3 Å². The van der Waals surface area contributed by atoms with Gasteiger partial charge in [-0.05, 0) is 12.7 Å². The molecule has 17 heavy (non-hydrogen) atoms. The number of hydrogen-bond acceptors (Lipinski definition) is 4. The Morgan fingerprint density at radius 3 is 2.76 bits per heavy atom. The number of aliphatic hydroxyl groups excluding tert-OH is 1. The van der Waals surface area contributed by atoms with Crippen molar-refractivity contribution >= 4 is 11.8 Å². The molecule has 2 rings (SSSR count). The molecule has 1 aliphatic rings. The molecule has 1 aromatic heterocycles. The molecule has 0 unspecified atom stereocenters. The maximum atomic E-state index is 12.6. The number of rotatable bonds is 1.